The van der Waals surface area contributed by atoms with E-state index in [1.54, 1.807) is 6.08 Å². The largest absolute Gasteiger partial charge is 0.461 e. The molecule has 1 saturated carbocycles. The number of carbonyl (C=O) groups is 1. The summed E-state index contributed by atoms with van der Waals surface area (Å²) in [4.78, 5) is 35.6. The maximum Gasteiger partial charge on any atom is 0.318 e. The van der Waals surface area contributed by atoms with Gasteiger partial charge in [0, 0.05) is 68.5 Å². The number of morpholine rings is 1. The number of nitrogens with zero attached hydrogens (tertiary/aromatic N) is 7. The molecule has 3 fully saturated rings. The van der Waals surface area contributed by atoms with Crippen molar-refractivity contribution in [3.05, 3.63) is 76.2 Å². The van der Waals surface area contributed by atoms with Gasteiger partial charge in [0.05, 0.1) is 43.2 Å². The number of benzene rings is 2. The number of halogens is 1. The smallest absolute Gasteiger partial charge is 0.318 e. The number of rotatable bonds is 11. The maximum atomic E-state index is 13.3. The summed E-state index contributed by atoms with van der Waals surface area (Å²) in [7, 11) is 0. The van der Waals surface area contributed by atoms with Crippen LogP contribution in [-0.4, -0.2) is 117 Å². The zero-order valence-corrected chi connectivity index (χ0v) is 28.0. The Kier molecular flexibility index (Phi) is 10.2. The molecule has 7 rings (SSSR count). The summed E-state index contributed by atoms with van der Waals surface area (Å²) < 4.78 is 17.3. The van der Waals surface area contributed by atoms with Gasteiger partial charge in [0.25, 0.3) is 0 Å². The highest BCUT2D eigenvalue weighted by Crippen LogP contribution is 2.37. The highest BCUT2D eigenvalue weighted by molar-refractivity contribution is 6.36. The van der Waals surface area contributed by atoms with Gasteiger partial charge < -0.3 is 33.8 Å². The Hall–Kier alpha value is -3.95. The van der Waals surface area contributed by atoms with E-state index in [9.17, 15) is 4.79 Å². The molecular formula is C36H42ClN7O4. The van der Waals surface area contributed by atoms with Gasteiger partial charge in [-0.3, -0.25) is 9.69 Å². The monoisotopic (exact) mass is 671 g/mol. The van der Waals surface area contributed by atoms with E-state index in [1.807, 2.05) is 23.1 Å². The van der Waals surface area contributed by atoms with Crippen LogP contribution in [0.5, 0.6) is 6.01 Å². The van der Waals surface area contributed by atoms with E-state index < -0.39 is 0 Å². The summed E-state index contributed by atoms with van der Waals surface area (Å²) in [6.45, 7) is 15.6. The second-order valence-electron chi connectivity index (χ2n) is 12.7. The van der Waals surface area contributed by atoms with E-state index in [1.165, 1.54) is 0 Å². The summed E-state index contributed by atoms with van der Waals surface area (Å²) in [6, 6.07) is 12.3. The number of anilines is 2. The van der Waals surface area contributed by atoms with E-state index in [0.29, 0.717) is 58.1 Å². The van der Waals surface area contributed by atoms with Crippen molar-refractivity contribution < 1.29 is 19.0 Å². The number of fused-ring (bicyclic) bond motifs is 2. The first-order chi connectivity index (χ1) is 23.6. The fourth-order valence-corrected chi connectivity index (χ4v) is 7.10. The summed E-state index contributed by atoms with van der Waals surface area (Å²) in [5.74, 6) is 0.781. The number of piperazine rings is 1. The number of ether oxygens (including phenoxy) is 3. The molecule has 1 atom stereocenters. The third kappa shape index (κ3) is 7.52. The molecular weight excluding hydrogens is 630 g/mol. The number of hydrogen-bond acceptors (Lipinski definition) is 9. The molecule has 0 spiro atoms. The van der Waals surface area contributed by atoms with E-state index in [2.05, 4.69) is 43.8 Å². The van der Waals surface area contributed by atoms with Crippen molar-refractivity contribution in [3.8, 4) is 6.01 Å². The fourth-order valence-electron chi connectivity index (χ4n) is 6.82. The van der Waals surface area contributed by atoms with Crippen molar-refractivity contribution >= 4 is 39.8 Å². The Morgan fingerprint density at radius 2 is 1.88 bits per heavy atom. The lowest BCUT2D eigenvalue weighted by Crippen LogP contribution is -2.56. The van der Waals surface area contributed by atoms with Crippen molar-refractivity contribution in [2.45, 2.75) is 38.0 Å². The third-order valence-corrected chi connectivity index (χ3v) is 9.80. The van der Waals surface area contributed by atoms with Gasteiger partial charge in [-0.2, -0.15) is 9.97 Å². The predicted molar refractivity (Wildman–Crippen MR) is 186 cm³/mol. The highest BCUT2D eigenvalue weighted by Gasteiger charge is 2.35. The van der Waals surface area contributed by atoms with Crippen LogP contribution in [-0.2, 0) is 27.2 Å². The summed E-state index contributed by atoms with van der Waals surface area (Å²) in [5.41, 5.74) is 3.08. The lowest BCUT2D eigenvalue weighted by atomic mass is 10.0. The van der Waals surface area contributed by atoms with Gasteiger partial charge in [-0.05, 0) is 36.8 Å². The van der Waals surface area contributed by atoms with Crippen LogP contribution in [0.4, 0.5) is 11.5 Å². The van der Waals surface area contributed by atoms with Gasteiger partial charge in [-0.15, -0.1) is 0 Å². The Morgan fingerprint density at radius 1 is 1.04 bits per heavy atom. The molecule has 11 nitrogen and oxygen atoms in total. The van der Waals surface area contributed by atoms with Gasteiger partial charge >= 0.3 is 6.01 Å². The first-order valence-corrected chi connectivity index (χ1v) is 17.4. The van der Waals surface area contributed by atoms with Crippen LogP contribution in [0.2, 0.25) is 5.02 Å². The fraction of sp³-hybridized carbons (Fsp3) is 0.500. The predicted octanol–water partition coefficient (Wildman–Crippen LogP) is 4.23. The standard InChI is InChI=1S/C36H42ClN7O4/c1-38-23-27-24-43(15-16-44(27)33(45)9-4-13-41-17-19-46-20-18-41)35-29-12-14-42(32-8-3-6-26-5-2-7-30(37)34(26)32)25-31(29)39-36(40-35)48-22-21-47-28-10-11-28/h2-9,27-28H,10-25H2/b9-4+/t27-/m0/s1. The van der Waals surface area contributed by atoms with E-state index >= 15 is 0 Å². The lowest BCUT2D eigenvalue weighted by molar-refractivity contribution is -0.128. The molecule has 4 heterocycles. The Labute approximate surface area is 286 Å². The van der Waals surface area contributed by atoms with Gasteiger partial charge in [0.1, 0.15) is 18.5 Å². The minimum atomic E-state index is -0.253. The second kappa shape index (κ2) is 15.1. The molecule has 12 heteroatoms. The van der Waals surface area contributed by atoms with Crippen LogP contribution < -0.4 is 14.5 Å². The molecule has 0 unspecified atom stereocenters. The molecule has 1 aromatic heterocycles. The molecule has 0 bridgehead atoms. The van der Waals surface area contributed by atoms with Crippen LogP contribution >= 0.6 is 11.6 Å². The molecule has 1 aliphatic carbocycles. The van der Waals surface area contributed by atoms with E-state index in [-0.39, 0.29) is 18.5 Å². The molecule has 252 valence electrons. The first kappa shape index (κ1) is 32.6. The molecule has 0 radical (unpaired) electrons. The zero-order valence-electron chi connectivity index (χ0n) is 27.2. The van der Waals surface area contributed by atoms with Crippen LogP contribution in [0.15, 0.2) is 48.6 Å². The Bertz CT molecular complexity index is 1680. The number of amides is 1. The normalized spacial score (nSPS) is 20.2. The molecule has 2 saturated heterocycles. The minimum Gasteiger partial charge on any atom is -0.461 e. The van der Waals surface area contributed by atoms with Gasteiger partial charge in [0.2, 0.25) is 12.5 Å². The van der Waals surface area contributed by atoms with Crippen molar-refractivity contribution in [2.24, 2.45) is 0 Å². The van der Waals surface area contributed by atoms with Gasteiger partial charge in [-0.1, -0.05) is 41.9 Å². The quantitative estimate of drug-likeness (QED) is 0.169. The molecule has 0 N–H and O–H groups in total. The minimum absolute atomic E-state index is 0.0506. The van der Waals surface area contributed by atoms with Crippen LogP contribution in [0.25, 0.3) is 15.6 Å². The highest BCUT2D eigenvalue weighted by atomic mass is 35.5. The Balaban J connectivity index is 1.11. The second-order valence-corrected chi connectivity index (χ2v) is 13.2. The topological polar surface area (TPSA) is 87.9 Å². The van der Waals surface area contributed by atoms with E-state index in [4.69, 9.17) is 42.4 Å². The van der Waals surface area contributed by atoms with Crippen molar-refractivity contribution in [1.82, 2.24) is 19.8 Å². The molecule has 4 aliphatic rings. The van der Waals surface area contributed by atoms with Crippen molar-refractivity contribution in [1.29, 1.82) is 0 Å². The maximum absolute atomic E-state index is 13.3. The summed E-state index contributed by atoms with van der Waals surface area (Å²) in [6.07, 6.45) is 6.91. The van der Waals surface area contributed by atoms with Crippen molar-refractivity contribution in [2.75, 3.05) is 88.6 Å². The zero-order chi connectivity index (χ0) is 32.9. The molecule has 1 amide bonds. The van der Waals surface area contributed by atoms with Gasteiger partial charge in [0.15, 0.2) is 0 Å². The van der Waals surface area contributed by atoms with Crippen LogP contribution in [0.1, 0.15) is 24.1 Å². The molecule has 3 aromatic rings. The average Bonchev–Trinajstić information content (AvgIpc) is 3.95. The SMILES string of the molecule is [C-]#[N+]C[C@H]1CN(c2nc(OCCOC3CC3)nc3c2CCN(c2cccc4cccc(Cl)c24)C3)CCN1C(=O)/C=C/CN1CCOCC1. The number of carbonyl (C=O) groups excluding carboxylic acids is 1. The van der Waals surface area contributed by atoms with E-state index in [0.717, 1.165) is 90.7 Å². The van der Waals surface area contributed by atoms with Crippen molar-refractivity contribution in [3.63, 3.8) is 0 Å². The first-order valence-electron chi connectivity index (χ1n) is 17.0. The van der Waals surface area contributed by atoms with Crippen LogP contribution in [0.3, 0.4) is 0 Å². The number of aromatic nitrogens is 2. The summed E-state index contributed by atoms with van der Waals surface area (Å²) >= 11 is 6.72. The average molecular weight is 672 g/mol. The lowest BCUT2D eigenvalue weighted by Gasteiger charge is -2.41. The molecule has 2 aromatic carbocycles. The molecule has 3 aliphatic heterocycles. The molecule has 48 heavy (non-hydrogen) atoms. The third-order valence-electron chi connectivity index (χ3n) is 9.48. The van der Waals surface area contributed by atoms with Gasteiger partial charge in [-0.25, -0.2) is 6.57 Å². The number of hydrogen-bond donors (Lipinski definition) is 0. The summed E-state index contributed by atoms with van der Waals surface area (Å²) in [5, 5.41) is 2.86. The Morgan fingerprint density at radius 3 is 2.69 bits per heavy atom. The van der Waals surface area contributed by atoms with Crippen LogP contribution in [0, 0.1) is 6.57 Å².